The summed E-state index contributed by atoms with van der Waals surface area (Å²) in [7, 11) is -2.50. The van der Waals surface area contributed by atoms with E-state index >= 15 is 0 Å². The third-order valence-electron chi connectivity index (χ3n) is 3.06. The van der Waals surface area contributed by atoms with Gasteiger partial charge in [-0.15, -0.1) is 0 Å². The molecule has 0 N–H and O–H groups in total. The number of halogens is 1. The molecule has 0 spiro atoms. The largest absolute Gasteiger partial charge is 0.261 e. The monoisotopic (exact) mass is 344 g/mol. The molecule has 0 unspecified atom stereocenters. The first-order valence-electron chi connectivity index (χ1n) is 5.99. The highest BCUT2D eigenvalue weighted by molar-refractivity contribution is 8.13. The van der Waals surface area contributed by atoms with Crippen LogP contribution in [0.2, 0.25) is 0 Å². The summed E-state index contributed by atoms with van der Waals surface area (Å²) >= 11 is 0. The van der Waals surface area contributed by atoms with E-state index < -0.39 is 18.9 Å². The van der Waals surface area contributed by atoms with Crippen molar-refractivity contribution in [3.05, 3.63) is 53.6 Å². The van der Waals surface area contributed by atoms with Crippen molar-refractivity contribution in [3.63, 3.8) is 0 Å². The van der Waals surface area contributed by atoms with Gasteiger partial charge in [0.2, 0.25) is 9.84 Å². The molecule has 0 radical (unpaired) electrons. The number of hydrogen-bond acceptors (Lipinski definition) is 4. The molecular formula is C14H13ClO4S2. The summed E-state index contributed by atoms with van der Waals surface area (Å²) in [5.41, 5.74) is 1.39. The predicted octanol–water partition coefficient (Wildman–Crippen LogP) is 3.06. The minimum Gasteiger partial charge on any atom is -0.219 e. The first kappa shape index (κ1) is 16.0. The van der Waals surface area contributed by atoms with Crippen molar-refractivity contribution in [1.29, 1.82) is 0 Å². The first-order chi connectivity index (χ1) is 9.62. The molecule has 0 fully saturated rings. The van der Waals surface area contributed by atoms with Gasteiger partial charge in [-0.1, -0.05) is 23.8 Å². The minimum atomic E-state index is -3.98. The highest BCUT2D eigenvalue weighted by Gasteiger charge is 2.22. The summed E-state index contributed by atoms with van der Waals surface area (Å²) in [6.07, 6.45) is 0. The Labute approximate surface area is 128 Å². The zero-order valence-electron chi connectivity index (χ0n) is 11.4. The SMILES string of the molecule is Cc1ccc(S(=O)(=O)c2cc(S(=O)(=O)Cl)ccc2C)cc1. The van der Waals surface area contributed by atoms with Crippen LogP contribution in [0.15, 0.2) is 57.2 Å². The summed E-state index contributed by atoms with van der Waals surface area (Å²) in [5, 5.41) is 0. The van der Waals surface area contributed by atoms with Crippen LogP contribution in [0.1, 0.15) is 11.1 Å². The maximum absolute atomic E-state index is 12.6. The fraction of sp³-hybridized carbons (Fsp3) is 0.143. The molecule has 0 heterocycles. The quantitative estimate of drug-likeness (QED) is 0.802. The lowest BCUT2D eigenvalue weighted by Crippen LogP contribution is -2.05. The van der Waals surface area contributed by atoms with E-state index in [0.717, 1.165) is 11.6 Å². The Kier molecular flexibility index (Phi) is 4.15. The van der Waals surface area contributed by atoms with Crippen LogP contribution in [0.5, 0.6) is 0 Å². The Morgan fingerprint density at radius 3 is 1.86 bits per heavy atom. The summed E-state index contributed by atoms with van der Waals surface area (Å²) in [6.45, 7) is 3.45. The van der Waals surface area contributed by atoms with Crippen molar-refractivity contribution < 1.29 is 16.8 Å². The fourth-order valence-electron chi connectivity index (χ4n) is 1.87. The molecule has 0 saturated carbocycles. The second-order valence-corrected chi connectivity index (χ2v) is 9.17. The third-order valence-corrected chi connectivity index (χ3v) is 6.33. The molecule has 2 aromatic rings. The van der Waals surface area contributed by atoms with Gasteiger partial charge in [-0.3, -0.25) is 0 Å². The number of aryl methyl sites for hydroxylation is 2. The van der Waals surface area contributed by atoms with Crippen molar-refractivity contribution in [3.8, 4) is 0 Å². The van der Waals surface area contributed by atoms with Crippen LogP contribution < -0.4 is 0 Å². The molecule has 0 aliphatic carbocycles. The highest BCUT2D eigenvalue weighted by Crippen LogP contribution is 2.27. The molecule has 0 aliphatic rings. The van der Waals surface area contributed by atoms with Crippen LogP contribution >= 0.6 is 10.7 Å². The topological polar surface area (TPSA) is 68.3 Å². The summed E-state index contributed by atoms with van der Waals surface area (Å²) in [4.78, 5) is -0.186. The Morgan fingerprint density at radius 2 is 1.33 bits per heavy atom. The van der Waals surface area contributed by atoms with E-state index in [2.05, 4.69) is 0 Å². The van der Waals surface area contributed by atoms with Crippen molar-refractivity contribution in [2.75, 3.05) is 0 Å². The smallest absolute Gasteiger partial charge is 0.219 e. The maximum atomic E-state index is 12.6. The van der Waals surface area contributed by atoms with Gasteiger partial charge >= 0.3 is 0 Å². The summed E-state index contributed by atoms with van der Waals surface area (Å²) < 4.78 is 48.0. The molecular weight excluding hydrogens is 332 g/mol. The van der Waals surface area contributed by atoms with E-state index in [-0.39, 0.29) is 14.7 Å². The predicted molar refractivity (Wildman–Crippen MR) is 80.8 cm³/mol. The average Bonchev–Trinajstić information content (AvgIpc) is 2.38. The number of rotatable bonds is 3. The Bertz CT molecular complexity index is 883. The van der Waals surface area contributed by atoms with E-state index in [4.69, 9.17) is 10.7 Å². The van der Waals surface area contributed by atoms with Crippen LogP contribution in [0, 0.1) is 13.8 Å². The Balaban J connectivity index is 2.67. The lowest BCUT2D eigenvalue weighted by molar-refractivity contribution is 0.595. The molecule has 0 atom stereocenters. The zero-order valence-corrected chi connectivity index (χ0v) is 13.8. The molecule has 0 amide bonds. The fourth-order valence-corrected chi connectivity index (χ4v) is 4.24. The van der Waals surface area contributed by atoms with Crippen LogP contribution in [0.3, 0.4) is 0 Å². The molecule has 21 heavy (non-hydrogen) atoms. The molecule has 7 heteroatoms. The number of benzene rings is 2. The second kappa shape index (κ2) is 5.44. The molecule has 4 nitrogen and oxygen atoms in total. The van der Waals surface area contributed by atoms with Gasteiger partial charge in [-0.2, -0.15) is 0 Å². The van der Waals surface area contributed by atoms with E-state index in [1.165, 1.54) is 24.3 Å². The van der Waals surface area contributed by atoms with Crippen LogP contribution in [0.25, 0.3) is 0 Å². The highest BCUT2D eigenvalue weighted by atomic mass is 35.7. The molecule has 0 aromatic heterocycles. The van der Waals surface area contributed by atoms with Gasteiger partial charge in [-0.05, 0) is 43.7 Å². The molecule has 0 bridgehead atoms. The van der Waals surface area contributed by atoms with Crippen molar-refractivity contribution in [1.82, 2.24) is 0 Å². The summed E-state index contributed by atoms with van der Waals surface area (Å²) in [6, 6.07) is 10.2. The van der Waals surface area contributed by atoms with Crippen LogP contribution in [0.4, 0.5) is 0 Å². The van der Waals surface area contributed by atoms with Crippen molar-refractivity contribution in [2.24, 2.45) is 0 Å². The normalized spacial score (nSPS) is 12.3. The maximum Gasteiger partial charge on any atom is 0.261 e. The van der Waals surface area contributed by atoms with Crippen molar-refractivity contribution >= 4 is 29.6 Å². The van der Waals surface area contributed by atoms with Gasteiger partial charge in [0, 0.05) is 10.7 Å². The molecule has 2 aromatic carbocycles. The van der Waals surface area contributed by atoms with Gasteiger partial charge in [0.1, 0.15) is 0 Å². The minimum absolute atomic E-state index is 0.0620. The van der Waals surface area contributed by atoms with E-state index in [0.29, 0.717) is 5.56 Å². The van der Waals surface area contributed by atoms with E-state index in [1.54, 1.807) is 19.1 Å². The lowest BCUT2D eigenvalue weighted by Gasteiger charge is -2.09. The molecule has 0 aliphatic heterocycles. The van der Waals surface area contributed by atoms with Gasteiger partial charge in [0.05, 0.1) is 14.7 Å². The van der Waals surface area contributed by atoms with Gasteiger partial charge in [-0.25, -0.2) is 16.8 Å². The van der Waals surface area contributed by atoms with E-state index in [1.807, 2.05) is 6.92 Å². The van der Waals surface area contributed by atoms with Crippen molar-refractivity contribution in [2.45, 2.75) is 28.5 Å². The third kappa shape index (κ3) is 3.28. The Hall–Kier alpha value is -1.37. The zero-order chi connectivity index (χ0) is 15.8. The van der Waals surface area contributed by atoms with Gasteiger partial charge in [0.25, 0.3) is 9.05 Å². The number of sulfone groups is 1. The number of hydrogen-bond donors (Lipinski definition) is 0. The average molecular weight is 345 g/mol. The van der Waals surface area contributed by atoms with E-state index in [9.17, 15) is 16.8 Å². The second-order valence-electron chi connectivity index (χ2n) is 4.68. The Morgan fingerprint density at radius 1 is 0.810 bits per heavy atom. The summed E-state index contributed by atoms with van der Waals surface area (Å²) in [5.74, 6) is 0. The molecule has 2 rings (SSSR count). The van der Waals surface area contributed by atoms with Gasteiger partial charge in [0.15, 0.2) is 0 Å². The molecule has 112 valence electrons. The standard InChI is InChI=1S/C14H13ClO4S2/c1-10-3-6-12(7-4-10)20(16,17)14-9-13(21(15,18)19)8-5-11(14)2/h3-9H,1-2H3. The lowest BCUT2D eigenvalue weighted by atomic mass is 10.2. The van der Waals surface area contributed by atoms with Crippen LogP contribution in [-0.2, 0) is 18.9 Å². The van der Waals surface area contributed by atoms with Gasteiger partial charge < -0.3 is 0 Å². The van der Waals surface area contributed by atoms with Crippen LogP contribution in [-0.4, -0.2) is 16.8 Å². The first-order valence-corrected chi connectivity index (χ1v) is 9.79. The molecule has 0 saturated heterocycles.